The molecule has 4 heteroatoms. The summed E-state index contributed by atoms with van der Waals surface area (Å²) in [5.74, 6) is -0.238. The minimum absolute atomic E-state index is 0.238. The van der Waals surface area contributed by atoms with E-state index in [0.717, 1.165) is 17.5 Å². The first-order valence-electron chi connectivity index (χ1n) is 5.01. The maximum Gasteiger partial charge on any atom is 0.153 e. The molecule has 1 aromatic heterocycles. The van der Waals surface area contributed by atoms with Gasteiger partial charge in [-0.05, 0) is 30.5 Å². The van der Waals surface area contributed by atoms with Crippen molar-refractivity contribution in [1.29, 1.82) is 0 Å². The van der Waals surface area contributed by atoms with E-state index in [-0.39, 0.29) is 5.82 Å². The molecule has 0 fully saturated rings. The number of aryl methyl sites for hydroxylation is 2. The van der Waals surface area contributed by atoms with E-state index in [0.29, 0.717) is 18.4 Å². The van der Waals surface area contributed by atoms with Crippen LogP contribution in [-0.4, -0.2) is 16.5 Å². The zero-order chi connectivity index (χ0) is 11.4. The second-order valence-corrected chi connectivity index (χ2v) is 3.55. The van der Waals surface area contributed by atoms with E-state index in [9.17, 15) is 9.18 Å². The molecule has 2 aromatic rings. The van der Waals surface area contributed by atoms with Crippen molar-refractivity contribution in [2.75, 3.05) is 0 Å². The Hall–Kier alpha value is -1.97. The third-order valence-electron chi connectivity index (χ3n) is 2.43. The number of hydrogen-bond acceptors (Lipinski definition) is 2. The predicted octanol–water partition coefficient (Wildman–Crippen LogP) is 2.15. The Bertz CT molecular complexity index is 493. The lowest BCUT2D eigenvalue weighted by molar-refractivity contribution is 0.112. The smallest absolute Gasteiger partial charge is 0.153 e. The van der Waals surface area contributed by atoms with Crippen LogP contribution in [0.1, 0.15) is 21.6 Å². The number of aldehydes is 1. The van der Waals surface area contributed by atoms with Crippen molar-refractivity contribution in [1.82, 2.24) is 10.2 Å². The zero-order valence-corrected chi connectivity index (χ0v) is 8.61. The average Bonchev–Trinajstić information content (AvgIpc) is 2.74. The monoisotopic (exact) mass is 218 g/mol. The van der Waals surface area contributed by atoms with Gasteiger partial charge in [0.25, 0.3) is 0 Å². The SMILES string of the molecule is O=Cc1cn[nH]c1CCc1cccc(F)c1. The van der Waals surface area contributed by atoms with Crippen LogP contribution in [0.4, 0.5) is 4.39 Å². The highest BCUT2D eigenvalue weighted by Crippen LogP contribution is 2.09. The highest BCUT2D eigenvalue weighted by molar-refractivity contribution is 5.75. The van der Waals surface area contributed by atoms with Gasteiger partial charge in [-0.15, -0.1) is 0 Å². The first-order chi connectivity index (χ1) is 7.79. The van der Waals surface area contributed by atoms with Crippen molar-refractivity contribution < 1.29 is 9.18 Å². The summed E-state index contributed by atoms with van der Waals surface area (Å²) in [6, 6.07) is 6.45. The van der Waals surface area contributed by atoms with Crippen LogP contribution in [0.15, 0.2) is 30.5 Å². The minimum atomic E-state index is -0.238. The molecular formula is C12H11FN2O. The molecule has 1 N–H and O–H groups in total. The molecule has 0 spiro atoms. The fraction of sp³-hybridized carbons (Fsp3) is 0.167. The number of aromatic nitrogens is 2. The molecule has 0 saturated carbocycles. The van der Waals surface area contributed by atoms with E-state index in [1.54, 1.807) is 6.07 Å². The van der Waals surface area contributed by atoms with E-state index < -0.39 is 0 Å². The number of nitrogens with zero attached hydrogens (tertiary/aromatic N) is 1. The van der Waals surface area contributed by atoms with Crippen LogP contribution in [0.25, 0.3) is 0 Å². The molecule has 0 unspecified atom stereocenters. The van der Waals surface area contributed by atoms with Gasteiger partial charge < -0.3 is 0 Å². The van der Waals surface area contributed by atoms with Crippen LogP contribution in [0, 0.1) is 5.82 Å². The number of nitrogens with one attached hydrogen (secondary N) is 1. The van der Waals surface area contributed by atoms with Gasteiger partial charge in [0.1, 0.15) is 5.82 Å². The van der Waals surface area contributed by atoms with Gasteiger partial charge in [-0.3, -0.25) is 9.89 Å². The normalized spacial score (nSPS) is 10.3. The largest absolute Gasteiger partial charge is 0.298 e. The number of carbonyl (C=O) groups is 1. The third-order valence-corrected chi connectivity index (χ3v) is 2.43. The molecule has 0 saturated heterocycles. The number of aromatic amines is 1. The summed E-state index contributed by atoms with van der Waals surface area (Å²) in [4.78, 5) is 10.6. The van der Waals surface area contributed by atoms with Crippen molar-refractivity contribution in [2.24, 2.45) is 0 Å². The Morgan fingerprint density at radius 3 is 3.00 bits per heavy atom. The summed E-state index contributed by atoms with van der Waals surface area (Å²) in [5, 5.41) is 6.56. The van der Waals surface area contributed by atoms with E-state index >= 15 is 0 Å². The van der Waals surface area contributed by atoms with Gasteiger partial charge >= 0.3 is 0 Å². The Kier molecular flexibility index (Phi) is 3.10. The lowest BCUT2D eigenvalue weighted by atomic mass is 10.1. The molecule has 0 aliphatic heterocycles. The van der Waals surface area contributed by atoms with Gasteiger partial charge in [0.05, 0.1) is 11.8 Å². The Morgan fingerprint density at radius 2 is 2.25 bits per heavy atom. The summed E-state index contributed by atoms with van der Waals surface area (Å²) < 4.78 is 12.9. The van der Waals surface area contributed by atoms with Gasteiger partial charge in [0.2, 0.25) is 0 Å². The molecule has 0 aliphatic carbocycles. The lowest BCUT2D eigenvalue weighted by Gasteiger charge is -2.00. The van der Waals surface area contributed by atoms with Crippen molar-refractivity contribution in [3.05, 3.63) is 53.1 Å². The molecule has 0 atom stereocenters. The van der Waals surface area contributed by atoms with Crippen LogP contribution in [0.3, 0.4) is 0 Å². The summed E-state index contributed by atoms with van der Waals surface area (Å²) in [5.41, 5.74) is 2.27. The van der Waals surface area contributed by atoms with Crippen molar-refractivity contribution in [3.63, 3.8) is 0 Å². The second-order valence-electron chi connectivity index (χ2n) is 3.55. The molecule has 0 aliphatic rings. The van der Waals surface area contributed by atoms with Gasteiger partial charge in [-0.2, -0.15) is 5.10 Å². The molecule has 16 heavy (non-hydrogen) atoms. The van der Waals surface area contributed by atoms with Crippen molar-refractivity contribution in [3.8, 4) is 0 Å². The Morgan fingerprint density at radius 1 is 1.38 bits per heavy atom. The molecular weight excluding hydrogens is 207 g/mol. The molecule has 82 valence electrons. The zero-order valence-electron chi connectivity index (χ0n) is 8.61. The first kappa shape index (κ1) is 10.5. The minimum Gasteiger partial charge on any atom is -0.298 e. The van der Waals surface area contributed by atoms with E-state index in [4.69, 9.17) is 0 Å². The summed E-state index contributed by atoms with van der Waals surface area (Å²) >= 11 is 0. The van der Waals surface area contributed by atoms with Crippen LogP contribution in [-0.2, 0) is 12.8 Å². The summed E-state index contributed by atoms with van der Waals surface area (Å²) in [6.45, 7) is 0. The lowest BCUT2D eigenvalue weighted by Crippen LogP contribution is -1.95. The number of benzene rings is 1. The average molecular weight is 218 g/mol. The predicted molar refractivity (Wildman–Crippen MR) is 57.8 cm³/mol. The summed E-state index contributed by atoms with van der Waals surface area (Å²) in [6.07, 6.45) is 3.59. The number of rotatable bonds is 4. The van der Waals surface area contributed by atoms with E-state index in [1.807, 2.05) is 6.07 Å². The summed E-state index contributed by atoms with van der Waals surface area (Å²) in [7, 11) is 0. The number of H-pyrrole nitrogens is 1. The quantitative estimate of drug-likeness (QED) is 0.799. The fourth-order valence-electron chi connectivity index (χ4n) is 1.59. The molecule has 1 heterocycles. The van der Waals surface area contributed by atoms with Gasteiger partial charge in [-0.1, -0.05) is 12.1 Å². The maximum absolute atomic E-state index is 12.9. The topological polar surface area (TPSA) is 45.8 Å². The highest BCUT2D eigenvalue weighted by atomic mass is 19.1. The van der Waals surface area contributed by atoms with Gasteiger partial charge in [0, 0.05) is 5.69 Å². The van der Waals surface area contributed by atoms with Crippen LogP contribution in [0.5, 0.6) is 0 Å². The molecule has 0 amide bonds. The Balaban J connectivity index is 2.05. The highest BCUT2D eigenvalue weighted by Gasteiger charge is 2.04. The van der Waals surface area contributed by atoms with Crippen LogP contribution < -0.4 is 0 Å². The molecule has 2 rings (SSSR count). The van der Waals surface area contributed by atoms with E-state index in [1.165, 1.54) is 18.3 Å². The van der Waals surface area contributed by atoms with E-state index in [2.05, 4.69) is 10.2 Å². The van der Waals surface area contributed by atoms with Gasteiger partial charge in [-0.25, -0.2) is 4.39 Å². The van der Waals surface area contributed by atoms with Crippen molar-refractivity contribution >= 4 is 6.29 Å². The standard InChI is InChI=1S/C12H11FN2O/c13-11-3-1-2-9(6-11)4-5-12-10(8-16)7-14-15-12/h1-3,6-8H,4-5H2,(H,14,15). The number of halogens is 1. The van der Waals surface area contributed by atoms with Crippen molar-refractivity contribution in [2.45, 2.75) is 12.8 Å². The maximum atomic E-state index is 12.9. The number of hydrogen-bond donors (Lipinski definition) is 1. The van der Waals surface area contributed by atoms with Crippen LogP contribution >= 0.6 is 0 Å². The molecule has 0 bridgehead atoms. The molecule has 0 radical (unpaired) electrons. The van der Waals surface area contributed by atoms with Gasteiger partial charge in [0.15, 0.2) is 6.29 Å². The first-order valence-corrected chi connectivity index (χ1v) is 5.01. The Labute approximate surface area is 92.3 Å². The second kappa shape index (κ2) is 4.70. The fourth-order valence-corrected chi connectivity index (χ4v) is 1.59. The molecule has 1 aromatic carbocycles. The third kappa shape index (κ3) is 2.34. The number of carbonyl (C=O) groups excluding carboxylic acids is 1. The van der Waals surface area contributed by atoms with Crippen LogP contribution in [0.2, 0.25) is 0 Å². The molecule has 3 nitrogen and oxygen atoms in total.